The van der Waals surface area contributed by atoms with Gasteiger partial charge in [0.15, 0.2) is 0 Å². The van der Waals surface area contributed by atoms with Crippen LogP contribution in [0.4, 0.5) is 4.39 Å². The number of nitrogens with one attached hydrogen (secondary N) is 1. The van der Waals surface area contributed by atoms with Crippen LogP contribution in [0.25, 0.3) is 0 Å². The van der Waals surface area contributed by atoms with Gasteiger partial charge in [-0.05, 0) is 24.6 Å². The summed E-state index contributed by atoms with van der Waals surface area (Å²) >= 11 is 0. The van der Waals surface area contributed by atoms with E-state index in [1.807, 2.05) is 6.92 Å². The standard InChI is InChI=1S/C12H15FN2/c1-3-5-6-12(15-4-2)10-7-11(13)9-14-8-10/h1,7-9,12,15H,4-6H2,2H3. The fraction of sp³-hybridized carbons (Fsp3) is 0.417. The number of aromatic nitrogens is 1. The highest BCUT2D eigenvalue weighted by Crippen LogP contribution is 2.17. The second-order valence-corrected chi connectivity index (χ2v) is 3.29. The van der Waals surface area contributed by atoms with Crippen LogP contribution in [0, 0.1) is 18.2 Å². The molecule has 2 nitrogen and oxygen atoms in total. The molecular formula is C12H15FN2. The van der Waals surface area contributed by atoms with Crippen molar-refractivity contribution in [1.29, 1.82) is 0 Å². The molecule has 0 radical (unpaired) electrons. The minimum absolute atomic E-state index is 0.0919. The highest BCUT2D eigenvalue weighted by atomic mass is 19.1. The first-order chi connectivity index (χ1) is 7.27. The van der Waals surface area contributed by atoms with Gasteiger partial charge in [-0.3, -0.25) is 4.98 Å². The van der Waals surface area contributed by atoms with Crippen molar-refractivity contribution in [2.75, 3.05) is 6.54 Å². The second-order valence-electron chi connectivity index (χ2n) is 3.29. The first-order valence-corrected chi connectivity index (χ1v) is 5.05. The molecule has 0 spiro atoms. The van der Waals surface area contributed by atoms with Gasteiger partial charge >= 0.3 is 0 Å². The Balaban J connectivity index is 2.74. The summed E-state index contributed by atoms with van der Waals surface area (Å²) in [7, 11) is 0. The van der Waals surface area contributed by atoms with Crippen LogP contribution in [0.15, 0.2) is 18.5 Å². The van der Waals surface area contributed by atoms with Crippen molar-refractivity contribution < 1.29 is 4.39 Å². The Labute approximate surface area is 89.9 Å². The zero-order valence-corrected chi connectivity index (χ0v) is 8.83. The average molecular weight is 206 g/mol. The van der Waals surface area contributed by atoms with Crippen molar-refractivity contribution in [3.63, 3.8) is 0 Å². The normalized spacial score (nSPS) is 12.1. The summed E-state index contributed by atoms with van der Waals surface area (Å²) in [6, 6.07) is 1.59. The summed E-state index contributed by atoms with van der Waals surface area (Å²) in [5.41, 5.74) is 0.854. The lowest BCUT2D eigenvalue weighted by molar-refractivity contribution is 0.515. The molecule has 0 aliphatic rings. The molecule has 1 aromatic heterocycles. The molecule has 1 aromatic rings. The molecular weight excluding hydrogens is 191 g/mol. The van der Waals surface area contributed by atoms with Gasteiger partial charge in [0.1, 0.15) is 5.82 Å². The number of pyridine rings is 1. The van der Waals surface area contributed by atoms with Gasteiger partial charge in [0, 0.05) is 18.7 Å². The molecule has 1 rings (SSSR count). The monoisotopic (exact) mass is 206 g/mol. The van der Waals surface area contributed by atoms with Crippen LogP contribution >= 0.6 is 0 Å². The fourth-order valence-electron chi connectivity index (χ4n) is 1.48. The van der Waals surface area contributed by atoms with Crippen molar-refractivity contribution in [3.05, 3.63) is 29.8 Å². The van der Waals surface area contributed by atoms with Crippen LogP contribution in [0.5, 0.6) is 0 Å². The van der Waals surface area contributed by atoms with Crippen molar-refractivity contribution in [1.82, 2.24) is 10.3 Å². The van der Waals surface area contributed by atoms with Gasteiger partial charge in [-0.25, -0.2) is 4.39 Å². The van der Waals surface area contributed by atoms with Gasteiger partial charge in [-0.2, -0.15) is 0 Å². The maximum atomic E-state index is 13.0. The average Bonchev–Trinajstić information content (AvgIpc) is 2.24. The van der Waals surface area contributed by atoms with E-state index >= 15 is 0 Å². The van der Waals surface area contributed by atoms with Gasteiger partial charge in [0.05, 0.1) is 6.20 Å². The van der Waals surface area contributed by atoms with Gasteiger partial charge in [0.25, 0.3) is 0 Å². The lowest BCUT2D eigenvalue weighted by Gasteiger charge is -2.16. The topological polar surface area (TPSA) is 24.9 Å². The Morgan fingerprint density at radius 3 is 3.00 bits per heavy atom. The molecule has 3 heteroatoms. The minimum Gasteiger partial charge on any atom is -0.310 e. The number of hydrogen-bond acceptors (Lipinski definition) is 2. The molecule has 0 aliphatic heterocycles. The summed E-state index contributed by atoms with van der Waals surface area (Å²) in [6.45, 7) is 2.83. The molecule has 1 unspecified atom stereocenters. The summed E-state index contributed by atoms with van der Waals surface area (Å²) in [6.07, 6.45) is 9.56. The lowest BCUT2D eigenvalue weighted by atomic mass is 10.0. The number of hydrogen-bond donors (Lipinski definition) is 1. The van der Waals surface area contributed by atoms with E-state index in [1.165, 1.54) is 12.3 Å². The van der Waals surface area contributed by atoms with Gasteiger partial charge in [-0.15, -0.1) is 12.3 Å². The Kier molecular flexibility index (Phi) is 4.79. The Bertz CT molecular complexity index is 344. The number of halogens is 1. The Hall–Kier alpha value is -1.40. The molecule has 1 N–H and O–H groups in total. The Morgan fingerprint density at radius 1 is 1.60 bits per heavy atom. The van der Waals surface area contributed by atoms with Crippen LogP contribution in [0.1, 0.15) is 31.4 Å². The van der Waals surface area contributed by atoms with Crippen LogP contribution < -0.4 is 5.32 Å². The molecule has 0 amide bonds. The van der Waals surface area contributed by atoms with Gasteiger partial charge < -0.3 is 5.32 Å². The van der Waals surface area contributed by atoms with E-state index in [0.29, 0.717) is 6.42 Å². The lowest BCUT2D eigenvalue weighted by Crippen LogP contribution is -2.21. The quantitative estimate of drug-likeness (QED) is 0.748. The molecule has 80 valence electrons. The predicted octanol–water partition coefficient (Wildman–Crippen LogP) is 2.28. The van der Waals surface area contributed by atoms with E-state index in [4.69, 9.17) is 6.42 Å². The second kappa shape index (κ2) is 6.15. The van der Waals surface area contributed by atoms with E-state index in [1.54, 1.807) is 6.20 Å². The molecule has 15 heavy (non-hydrogen) atoms. The zero-order valence-electron chi connectivity index (χ0n) is 8.83. The summed E-state index contributed by atoms with van der Waals surface area (Å²) in [5.74, 6) is 2.28. The largest absolute Gasteiger partial charge is 0.310 e. The van der Waals surface area contributed by atoms with E-state index in [-0.39, 0.29) is 11.9 Å². The van der Waals surface area contributed by atoms with Crippen LogP contribution in [-0.4, -0.2) is 11.5 Å². The highest BCUT2D eigenvalue weighted by Gasteiger charge is 2.10. The highest BCUT2D eigenvalue weighted by molar-refractivity contribution is 5.15. The van der Waals surface area contributed by atoms with Crippen molar-refractivity contribution >= 4 is 0 Å². The first kappa shape index (κ1) is 11.7. The predicted molar refractivity (Wildman–Crippen MR) is 58.7 cm³/mol. The maximum Gasteiger partial charge on any atom is 0.141 e. The molecule has 0 saturated heterocycles. The first-order valence-electron chi connectivity index (χ1n) is 5.05. The third kappa shape index (κ3) is 3.69. The molecule has 0 saturated carbocycles. The van der Waals surface area contributed by atoms with E-state index in [0.717, 1.165) is 18.5 Å². The molecule has 0 aromatic carbocycles. The minimum atomic E-state index is -0.309. The molecule has 0 aliphatic carbocycles. The van der Waals surface area contributed by atoms with Crippen LogP contribution in [-0.2, 0) is 0 Å². The van der Waals surface area contributed by atoms with E-state index < -0.39 is 0 Å². The third-order valence-electron chi connectivity index (χ3n) is 2.16. The van der Waals surface area contributed by atoms with Crippen molar-refractivity contribution in [2.45, 2.75) is 25.8 Å². The van der Waals surface area contributed by atoms with Crippen molar-refractivity contribution in [2.24, 2.45) is 0 Å². The zero-order chi connectivity index (χ0) is 11.1. The summed E-state index contributed by atoms with van der Waals surface area (Å²) in [4.78, 5) is 3.83. The molecule has 1 heterocycles. The summed E-state index contributed by atoms with van der Waals surface area (Å²) < 4.78 is 13.0. The SMILES string of the molecule is C#CCCC(NCC)c1cncc(F)c1. The number of terminal acetylenes is 1. The fourth-order valence-corrected chi connectivity index (χ4v) is 1.48. The van der Waals surface area contributed by atoms with Gasteiger partial charge in [0.2, 0.25) is 0 Å². The molecule has 0 bridgehead atoms. The van der Waals surface area contributed by atoms with Crippen LogP contribution in [0.3, 0.4) is 0 Å². The van der Waals surface area contributed by atoms with Gasteiger partial charge in [-0.1, -0.05) is 6.92 Å². The molecule has 1 atom stereocenters. The number of rotatable bonds is 5. The molecule has 0 fully saturated rings. The Morgan fingerprint density at radius 2 is 2.40 bits per heavy atom. The third-order valence-corrected chi connectivity index (χ3v) is 2.16. The van der Waals surface area contributed by atoms with Crippen LogP contribution in [0.2, 0.25) is 0 Å². The summed E-state index contributed by atoms with van der Waals surface area (Å²) in [5, 5.41) is 3.26. The maximum absolute atomic E-state index is 13.0. The van der Waals surface area contributed by atoms with Crippen molar-refractivity contribution in [3.8, 4) is 12.3 Å². The number of nitrogens with zero attached hydrogens (tertiary/aromatic N) is 1. The van der Waals surface area contributed by atoms with E-state index in [2.05, 4.69) is 16.2 Å². The smallest absolute Gasteiger partial charge is 0.141 e. The van der Waals surface area contributed by atoms with E-state index in [9.17, 15) is 4.39 Å².